The first-order valence-electron chi connectivity index (χ1n) is 11.6. The van der Waals surface area contributed by atoms with Crippen molar-refractivity contribution in [3.8, 4) is 5.75 Å². The molecule has 0 saturated carbocycles. The first-order chi connectivity index (χ1) is 16.8. The molecule has 35 heavy (non-hydrogen) atoms. The maximum Gasteiger partial charge on any atom is 0.323 e. The minimum atomic E-state index is -0.446. The fourth-order valence-corrected chi connectivity index (χ4v) is 4.53. The van der Waals surface area contributed by atoms with Crippen molar-refractivity contribution in [2.45, 2.75) is 44.4 Å². The van der Waals surface area contributed by atoms with Crippen LogP contribution in [-0.4, -0.2) is 61.2 Å². The average molecular weight is 501 g/mol. The van der Waals surface area contributed by atoms with Gasteiger partial charge in [0, 0.05) is 30.0 Å². The lowest BCUT2D eigenvalue weighted by Gasteiger charge is -2.42. The lowest BCUT2D eigenvalue weighted by atomic mass is 9.94. The third-order valence-corrected chi connectivity index (χ3v) is 6.41. The van der Waals surface area contributed by atoms with E-state index in [9.17, 15) is 14.4 Å². The summed E-state index contributed by atoms with van der Waals surface area (Å²) in [5, 5.41) is 8.84. The van der Waals surface area contributed by atoms with E-state index in [-0.39, 0.29) is 36.7 Å². The molecule has 0 aromatic heterocycles. The van der Waals surface area contributed by atoms with Gasteiger partial charge in [0.25, 0.3) is 5.91 Å². The summed E-state index contributed by atoms with van der Waals surface area (Å²) in [6.07, 6.45) is 1.12. The number of urea groups is 1. The number of hydrogen-bond acceptors (Lipinski definition) is 5. The summed E-state index contributed by atoms with van der Waals surface area (Å²) < 4.78 is 12.1. The summed E-state index contributed by atoms with van der Waals surface area (Å²) in [6, 6.07) is 11.1. The second-order valence-corrected chi connectivity index (χ2v) is 9.06. The number of hydrogen-bond donors (Lipinski definition) is 3. The zero-order chi connectivity index (χ0) is 24.9. The van der Waals surface area contributed by atoms with Gasteiger partial charge in [-0.3, -0.25) is 9.59 Å². The molecule has 1 saturated heterocycles. The van der Waals surface area contributed by atoms with Crippen LogP contribution in [0.15, 0.2) is 42.5 Å². The lowest BCUT2D eigenvalue weighted by molar-refractivity contribution is -0.133. The summed E-state index contributed by atoms with van der Waals surface area (Å²) in [4.78, 5) is 39.4. The van der Waals surface area contributed by atoms with Crippen LogP contribution >= 0.6 is 11.6 Å². The number of likely N-dealkylation sites (N-methyl/N-ethyl adjacent to an activating group) is 1. The lowest BCUT2D eigenvalue weighted by Crippen LogP contribution is -2.54. The molecule has 0 radical (unpaired) electrons. The molecule has 3 N–H and O–H groups in total. The molecule has 186 valence electrons. The fraction of sp³-hybridized carbons (Fsp3) is 0.400. The molecule has 9 nitrogen and oxygen atoms in total. The van der Waals surface area contributed by atoms with E-state index in [2.05, 4.69) is 16.0 Å². The van der Waals surface area contributed by atoms with Gasteiger partial charge in [0.15, 0.2) is 0 Å². The number of benzene rings is 2. The second kappa shape index (κ2) is 11.0. The number of anilines is 2. The van der Waals surface area contributed by atoms with E-state index < -0.39 is 6.03 Å². The van der Waals surface area contributed by atoms with Crippen LogP contribution in [0.25, 0.3) is 0 Å². The quantitative estimate of drug-likeness (QED) is 0.577. The second-order valence-electron chi connectivity index (χ2n) is 8.62. The highest BCUT2D eigenvalue weighted by Gasteiger charge is 2.39. The summed E-state index contributed by atoms with van der Waals surface area (Å²) in [5.41, 5.74) is 1.41. The Morgan fingerprint density at radius 1 is 1.09 bits per heavy atom. The Labute approximate surface area is 209 Å². The van der Waals surface area contributed by atoms with Crippen molar-refractivity contribution in [2.24, 2.45) is 0 Å². The number of nitrogens with one attached hydrogen (secondary N) is 3. The Bertz CT molecular complexity index is 1090. The number of halogens is 1. The highest BCUT2D eigenvalue weighted by molar-refractivity contribution is 6.30. The van der Waals surface area contributed by atoms with Crippen molar-refractivity contribution in [1.29, 1.82) is 0 Å². The van der Waals surface area contributed by atoms with E-state index in [0.29, 0.717) is 53.5 Å². The van der Waals surface area contributed by atoms with Gasteiger partial charge < -0.3 is 30.3 Å². The van der Waals surface area contributed by atoms with Gasteiger partial charge in [-0.25, -0.2) is 4.79 Å². The zero-order valence-corrected chi connectivity index (χ0v) is 20.4. The van der Waals surface area contributed by atoms with Crippen molar-refractivity contribution < 1.29 is 23.9 Å². The number of amides is 4. The van der Waals surface area contributed by atoms with E-state index in [4.69, 9.17) is 21.1 Å². The molecule has 2 aromatic carbocycles. The molecular weight excluding hydrogens is 472 g/mol. The monoisotopic (exact) mass is 500 g/mol. The van der Waals surface area contributed by atoms with Gasteiger partial charge in [0.1, 0.15) is 18.5 Å². The van der Waals surface area contributed by atoms with Crippen molar-refractivity contribution in [3.05, 3.63) is 53.1 Å². The van der Waals surface area contributed by atoms with Gasteiger partial charge in [-0.15, -0.1) is 0 Å². The first kappa shape index (κ1) is 24.8. The molecular formula is C25H29ClN4O5. The predicted molar refractivity (Wildman–Crippen MR) is 133 cm³/mol. The molecule has 0 aliphatic carbocycles. The summed E-state index contributed by atoms with van der Waals surface area (Å²) in [5.74, 6) is 0.151. The standard InChI is InChI=1S/C25H29ClN4O5/c1-3-27-23(31)13-18-9-10-20-22(35-18)14-34-21-11-8-17(12-19(21)24(32)30(20)2)29-25(33)28-16-6-4-15(26)5-7-16/h4-8,11-12,18,20,22H,3,9-10,13-14H2,1-2H3,(H,27,31)(H2,28,29,33)/t18-,20+,22+/m0/s1. The third kappa shape index (κ3) is 6.04. The van der Waals surface area contributed by atoms with Gasteiger partial charge in [0.05, 0.1) is 24.1 Å². The number of carbonyl (C=O) groups is 3. The average Bonchev–Trinajstić information content (AvgIpc) is 2.83. The summed E-state index contributed by atoms with van der Waals surface area (Å²) in [6.45, 7) is 2.71. The Kier molecular flexibility index (Phi) is 7.77. The van der Waals surface area contributed by atoms with Crippen molar-refractivity contribution in [2.75, 3.05) is 30.8 Å². The first-order valence-corrected chi connectivity index (χ1v) is 12.0. The van der Waals surface area contributed by atoms with Gasteiger partial charge in [-0.1, -0.05) is 11.6 Å². The van der Waals surface area contributed by atoms with E-state index in [1.807, 2.05) is 6.92 Å². The van der Waals surface area contributed by atoms with Crippen LogP contribution in [0.2, 0.25) is 5.02 Å². The molecule has 3 atom stereocenters. The maximum atomic E-state index is 13.3. The van der Waals surface area contributed by atoms with Crippen molar-refractivity contribution >= 4 is 40.8 Å². The molecule has 0 unspecified atom stereocenters. The Balaban J connectivity index is 1.44. The van der Waals surface area contributed by atoms with Crippen LogP contribution in [0, 0.1) is 0 Å². The highest BCUT2D eigenvalue weighted by Crippen LogP contribution is 2.32. The molecule has 0 bridgehead atoms. The number of carbonyl (C=O) groups excluding carboxylic acids is 3. The molecule has 2 heterocycles. The smallest absolute Gasteiger partial charge is 0.323 e. The van der Waals surface area contributed by atoms with E-state index in [0.717, 1.165) is 0 Å². The third-order valence-electron chi connectivity index (χ3n) is 6.16. The van der Waals surface area contributed by atoms with Gasteiger partial charge in [-0.05, 0) is 62.2 Å². The summed E-state index contributed by atoms with van der Waals surface area (Å²) in [7, 11) is 1.75. The molecule has 4 rings (SSSR count). The molecule has 2 aliphatic rings. The minimum Gasteiger partial charge on any atom is -0.490 e. The van der Waals surface area contributed by atoms with E-state index >= 15 is 0 Å². The molecule has 10 heteroatoms. The highest BCUT2D eigenvalue weighted by atomic mass is 35.5. The summed E-state index contributed by atoms with van der Waals surface area (Å²) >= 11 is 5.88. The largest absolute Gasteiger partial charge is 0.490 e. The fourth-order valence-electron chi connectivity index (χ4n) is 4.41. The zero-order valence-electron chi connectivity index (χ0n) is 19.7. The molecule has 0 spiro atoms. The number of fused-ring (bicyclic) bond motifs is 2. The Hall–Kier alpha value is -3.30. The topological polar surface area (TPSA) is 109 Å². The van der Waals surface area contributed by atoms with Crippen LogP contribution in [0.3, 0.4) is 0 Å². The van der Waals surface area contributed by atoms with Crippen LogP contribution in [0.1, 0.15) is 36.5 Å². The Morgan fingerprint density at radius 2 is 1.80 bits per heavy atom. The SMILES string of the molecule is CCNC(=O)C[C@@H]1CC[C@@H]2[C@@H](COc3ccc(NC(=O)Nc4ccc(Cl)cc4)cc3C(=O)N2C)O1. The van der Waals surface area contributed by atoms with Gasteiger partial charge in [-0.2, -0.15) is 0 Å². The number of nitrogens with zero attached hydrogens (tertiary/aromatic N) is 1. The van der Waals surface area contributed by atoms with E-state index in [1.165, 1.54) is 0 Å². The number of ether oxygens (including phenoxy) is 2. The minimum absolute atomic E-state index is 0.0439. The van der Waals surface area contributed by atoms with Crippen molar-refractivity contribution in [1.82, 2.24) is 10.2 Å². The normalized spacial score (nSPS) is 21.5. The van der Waals surface area contributed by atoms with Gasteiger partial charge >= 0.3 is 6.03 Å². The van der Waals surface area contributed by atoms with Crippen LogP contribution < -0.4 is 20.7 Å². The molecule has 2 aliphatic heterocycles. The van der Waals surface area contributed by atoms with Crippen molar-refractivity contribution in [3.63, 3.8) is 0 Å². The van der Waals surface area contributed by atoms with Crippen LogP contribution in [0.4, 0.5) is 16.2 Å². The number of rotatable bonds is 5. The maximum absolute atomic E-state index is 13.3. The Morgan fingerprint density at radius 3 is 2.54 bits per heavy atom. The van der Waals surface area contributed by atoms with Crippen LogP contribution in [0.5, 0.6) is 5.75 Å². The molecule has 4 amide bonds. The van der Waals surface area contributed by atoms with Gasteiger partial charge in [0.2, 0.25) is 5.91 Å². The molecule has 1 fully saturated rings. The predicted octanol–water partition coefficient (Wildman–Crippen LogP) is 3.89. The van der Waals surface area contributed by atoms with Crippen LogP contribution in [-0.2, 0) is 9.53 Å². The molecule has 2 aromatic rings. The van der Waals surface area contributed by atoms with E-state index in [1.54, 1.807) is 54.4 Å².